The molecule has 0 bridgehead atoms. The average molecular weight is 398 g/mol. The van der Waals surface area contributed by atoms with Gasteiger partial charge in [-0.3, -0.25) is 9.59 Å². The Morgan fingerprint density at radius 2 is 2.18 bits per heavy atom. The SMILES string of the molecule is NC[C@@H](NC1CCC1)C(=O)Nc1ccc(N2CCOCC2=O)cc1OC(F)F. The number of nitrogens with zero attached hydrogens (tertiary/aromatic N) is 1. The number of nitrogens with two attached hydrogens (primary N) is 1. The van der Waals surface area contributed by atoms with Gasteiger partial charge in [0, 0.05) is 30.9 Å². The van der Waals surface area contributed by atoms with Crippen LogP contribution in [0.4, 0.5) is 20.2 Å². The van der Waals surface area contributed by atoms with Gasteiger partial charge in [-0.05, 0) is 25.0 Å². The highest BCUT2D eigenvalue weighted by atomic mass is 19.3. The fraction of sp³-hybridized carbons (Fsp3) is 0.556. The summed E-state index contributed by atoms with van der Waals surface area (Å²) in [5.41, 5.74) is 6.16. The largest absolute Gasteiger partial charge is 0.433 e. The maximum absolute atomic E-state index is 12.9. The first kappa shape index (κ1) is 20.4. The third-order valence-corrected chi connectivity index (χ3v) is 4.83. The number of alkyl halides is 2. The molecular formula is C18H24F2N4O4. The summed E-state index contributed by atoms with van der Waals surface area (Å²) in [6.45, 7) is -2.42. The Morgan fingerprint density at radius 1 is 1.39 bits per heavy atom. The van der Waals surface area contributed by atoms with Crippen LogP contribution in [0.25, 0.3) is 0 Å². The van der Waals surface area contributed by atoms with Crippen molar-refractivity contribution in [3.63, 3.8) is 0 Å². The number of anilines is 2. The van der Waals surface area contributed by atoms with E-state index in [9.17, 15) is 18.4 Å². The third-order valence-electron chi connectivity index (χ3n) is 4.83. The van der Waals surface area contributed by atoms with Crippen molar-refractivity contribution in [2.75, 3.05) is 36.5 Å². The molecule has 1 aliphatic carbocycles. The van der Waals surface area contributed by atoms with Crippen molar-refractivity contribution in [2.24, 2.45) is 5.73 Å². The summed E-state index contributed by atoms with van der Waals surface area (Å²) in [6, 6.07) is 3.91. The lowest BCUT2D eigenvalue weighted by Gasteiger charge is -2.30. The summed E-state index contributed by atoms with van der Waals surface area (Å²) in [6.07, 6.45) is 3.06. The molecule has 8 nitrogen and oxygen atoms in total. The highest BCUT2D eigenvalue weighted by molar-refractivity contribution is 5.98. The minimum Gasteiger partial charge on any atom is -0.433 e. The number of ether oxygens (including phenoxy) is 2. The van der Waals surface area contributed by atoms with Crippen LogP contribution in [0.15, 0.2) is 18.2 Å². The molecule has 1 heterocycles. The molecule has 1 aromatic carbocycles. The molecule has 2 amide bonds. The lowest BCUT2D eigenvalue weighted by molar-refractivity contribution is -0.125. The summed E-state index contributed by atoms with van der Waals surface area (Å²) in [5, 5.41) is 5.75. The number of amides is 2. The number of hydrogen-bond donors (Lipinski definition) is 3. The molecule has 0 unspecified atom stereocenters. The van der Waals surface area contributed by atoms with Gasteiger partial charge in [0.05, 0.1) is 18.3 Å². The number of carbonyl (C=O) groups is 2. The average Bonchev–Trinajstić information content (AvgIpc) is 2.62. The number of benzene rings is 1. The summed E-state index contributed by atoms with van der Waals surface area (Å²) in [5.74, 6) is -0.929. The molecular weight excluding hydrogens is 374 g/mol. The Bertz CT molecular complexity index is 715. The van der Waals surface area contributed by atoms with E-state index in [1.54, 1.807) is 6.07 Å². The molecule has 1 saturated carbocycles. The standard InChI is InChI=1S/C18H24F2N4O4/c19-18(20)28-15-8-12(24-6-7-27-10-16(24)25)4-5-13(15)23-17(26)14(9-21)22-11-2-1-3-11/h4-5,8,11,14,18,22H,1-3,6-7,9-10,21H2,(H,23,26)/t14-/m1/s1. The molecule has 1 saturated heterocycles. The number of nitrogens with one attached hydrogen (secondary N) is 2. The second-order valence-electron chi connectivity index (χ2n) is 6.73. The number of rotatable bonds is 8. The molecule has 154 valence electrons. The van der Waals surface area contributed by atoms with Crippen LogP contribution in [-0.4, -0.2) is 56.8 Å². The molecule has 28 heavy (non-hydrogen) atoms. The van der Waals surface area contributed by atoms with Gasteiger partial charge in [-0.1, -0.05) is 6.42 Å². The van der Waals surface area contributed by atoms with E-state index in [1.165, 1.54) is 17.0 Å². The Kier molecular flexibility index (Phi) is 6.76. The summed E-state index contributed by atoms with van der Waals surface area (Å²) in [4.78, 5) is 25.9. The van der Waals surface area contributed by atoms with E-state index in [0.29, 0.717) is 18.8 Å². The molecule has 1 aliphatic heterocycles. The molecule has 1 aromatic rings. The van der Waals surface area contributed by atoms with E-state index >= 15 is 0 Å². The van der Waals surface area contributed by atoms with Crippen molar-refractivity contribution < 1.29 is 27.8 Å². The first-order valence-corrected chi connectivity index (χ1v) is 9.22. The fourth-order valence-electron chi connectivity index (χ4n) is 3.10. The van der Waals surface area contributed by atoms with Gasteiger partial charge in [-0.15, -0.1) is 0 Å². The molecule has 0 radical (unpaired) electrons. The molecule has 0 aromatic heterocycles. The van der Waals surface area contributed by atoms with Gasteiger partial charge in [0.1, 0.15) is 6.61 Å². The Morgan fingerprint density at radius 3 is 2.79 bits per heavy atom. The van der Waals surface area contributed by atoms with E-state index in [1.807, 2.05) is 0 Å². The topological polar surface area (TPSA) is 106 Å². The van der Waals surface area contributed by atoms with Gasteiger partial charge in [-0.25, -0.2) is 0 Å². The van der Waals surface area contributed by atoms with Crippen molar-refractivity contribution in [3.8, 4) is 5.75 Å². The molecule has 1 atom stereocenters. The normalized spacial score (nSPS) is 18.7. The van der Waals surface area contributed by atoms with Crippen molar-refractivity contribution in [3.05, 3.63) is 18.2 Å². The number of halogens is 2. The molecule has 0 spiro atoms. The van der Waals surface area contributed by atoms with Crippen LogP contribution in [0, 0.1) is 0 Å². The van der Waals surface area contributed by atoms with Gasteiger partial charge >= 0.3 is 6.61 Å². The lowest BCUT2D eigenvalue weighted by Crippen LogP contribution is -2.52. The van der Waals surface area contributed by atoms with Gasteiger partial charge in [0.25, 0.3) is 5.91 Å². The zero-order chi connectivity index (χ0) is 20.1. The van der Waals surface area contributed by atoms with Crippen LogP contribution >= 0.6 is 0 Å². The first-order valence-electron chi connectivity index (χ1n) is 9.22. The van der Waals surface area contributed by atoms with E-state index in [2.05, 4.69) is 15.4 Å². The molecule has 3 rings (SSSR count). The summed E-state index contributed by atoms with van der Waals surface area (Å²) in [7, 11) is 0. The third kappa shape index (κ3) is 4.94. The van der Waals surface area contributed by atoms with Crippen molar-refractivity contribution in [1.82, 2.24) is 5.32 Å². The smallest absolute Gasteiger partial charge is 0.387 e. The predicted molar refractivity (Wildman–Crippen MR) is 98.5 cm³/mol. The maximum Gasteiger partial charge on any atom is 0.387 e. The highest BCUT2D eigenvalue weighted by Gasteiger charge is 2.26. The Balaban J connectivity index is 1.76. The van der Waals surface area contributed by atoms with Gasteiger partial charge < -0.3 is 30.7 Å². The first-order chi connectivity index (χ1) is 13.5. The monoisotopic (exact) mass is 398 g/mol. The second kappa shape index (κ2) is 9.26. The van der Waals surface area contributed by atoms with Crippen LogP contribution in [0.3, 0.4) is 0 Å². The van der Waals surface area contributed by atoms with Crippen LogP contribution in [0.2, 0.25) is 0 Å². The quantitative estimate of drug-likeness (QED) is 0.605. The maximum atomic E-state index is 12.9. The van der Waals surface area contributed by atoms with E-state index in [4.69, 9.17) is 10.5 Å². The minimum atomic E-state index is -3.08. The number of carbonyl (C=O) groups excluding carboxylic acids is 2. The van der Waals surface area contributed by atoms with E-state index < -0.39 is 18.6 Å². The Labute approximate surface area is 161 Å². The lowest BCUT2D eigenvalue weighted by atomic mass is 9.92. The van der Waals surface area contributed by atoms with Crippen molar-refractivity contribution in [1.29, 1.82) is 0 Å². The molecule has 2 fully saturated rings. The number of morpholine rings is 1. The van der Waals surface area contributed by atoms with Crippen LogP contribution in [-0.2, 0) is 14.3 Å². The van der Waals surface area contributed by atoms with E-state index in [-0.39, 0.29) is 36.5 Å². The summed E-state index contributed by atoms with van der Waals surface area (Å²) >= 11 is 0. The van der Waals surface area contributed by atoms with E-state index in [0.717, 1.165) is 19.3 Å². The molecule has 4 N–H and O–H groups in total. The van der Waals surface area contributed by atoms with Gasteiger partial charge in [-0.2, -0.15) is 8.78 Å². The second-order valence-corrected chi connectivity index (χ2v) is 6.73. The zero-order valence-electron chi connectivity index (χ0n) is 15.3. The fourth-order valence-corrected chi connectivity index (χ4v) is 3.10. The minimum absolute atomic E-state index is 0.0749. The van der Waals surface area contributed by atoms with Gasteiger partial charge in [0.15, 0.2) is 5.75 Å². The number of hydrogen-bond acceptors (Lipinski definition) is 6. The summed E-state index contributed by atoms with van der Waals surface area (Å²) < 4.78 is 35.4. The van der Waals surface area contributed by atoms with Crippen LogP contribution in [0.1, 0.15) is 19.3 Å². The van der Waals surface area contributed by atoms with Crippen LogP contribution < -0.4 is 26.0 Å². The molecule has 10 heteroatoms. The Hall–Kier alpha value is -2.30. The highest BCUT2D eigenvalue weighted by Crippen LogP contribution is 2.32. The zero-order valence-corrected chi connectivity index (χ0v) is 15.3. The van der Waals surface area contributed by atoms with Gasteiger partial charge in [0.2, 0.25) is 5.91 Å². The van der Waals surface area contributed by atoms with Crippen LogP contribution in [0.5, 0.6) is 5.75 Å². The predicted octanol–water partition coefficient (Wildman–Crippen LogP) is 1.06. The van der Waals surface area contributed by atoms with Crippen molar-refractivity contribution >= 4 is 23.2 Å². The van der Waals surface area contributed by atoms with Crippen molar-refractivity contribution in [2.45, 2.75) is 38.0 Å². The molecule has 2 aliphatic rings.